The number of rotatable bonds is 8. The Morgan fingerprint density at radius 3 is 2.54 bits per heavy atom. The molecule has 2 heterocycles. The van der Waals surface area contributed by atoms with Crippen LogP contribution >= 0.6 is 30.8 Å². The molecule has 3 aromatic rings. The van der Waals surface area contributed by atoms with Crippen molar-refractivity contribution in [2.45, 2.75) is 31.2 Å². The molecule has 1 aliphatic carbocycles. The first-order valence-corrected chi connectivity index (χ1v) is 14.7. The van der Waals surface area contributed by atoms with E-state index in [1.165, 1.54) is 10.9 Å². The van der Waals surface area contributed by atoms with Gasteiger partial charge in [0.2, 0.25) is 5.28 Å². The molecule has 16 heteroatoms. The van der Waals surface area contributed by atoms with Crippen LogP contribution in [0.3, 0.4) is 0 Å². The molecule has 1 aromatic carbocycles. The highest BCUT2D eigenvalue weighted by molar-refractivity contribution is 7.97. The molecule has 12 nitrogen and oxygen atoms in total. The first-order chi connectivity index (χ1) is 16.3. The predicted molar refractivity (Wildman–Crippen MR) is 129 cm³/mol. The van der Waals surface area contributed by atoms with Gasteiger partial charge in [-0.1, -0.05) is 29.8 Å². The minimum Gasteiger partial charge on any atom is -0.390 e. The summed E-state index contributed by atoms with van der Waals surface area (Å²) in [4.78, 5) is 26.4. The van der Waals surface area contributed by atoms with Crippen LogP contribution in [0.4, 0.5) is 5.82 Å². The summed E-state index contributed by atoms with van der Waals surface area (Å²) >= 11 is 12.3. The van der Waals surface area contributed by atoms with Crippen molar-refractivity contribution in [3.05, 3.63) is 46.3 Å². The lowest BCUT2D eigenvalue weighted by Crippen LogP contribution is -2.32. The van der Waals surface area contributed by atoms with Crippen LogP contribution in [0.2, 0.25) is 10.3 Å². The number of nitrogens with zero attached hydrogens (tertiary/aromatic N) is 4. The lowest BCUT2D eigenvalue weighted by Gasteiger charge is -2.18. The van der Waals surface area contributed by atoms with Crippen molar-refractivity contribution in [3.63, 3.8) is 0 Å². The summed E-state index contributed by atoms with van der Waals surface area (Å²) in [6.07, 6.45) is -1.43. The molecule has 5 N–H and O–H groups in total. The third-order valence-corrected chi connectivity index (χ3v) is 10.1. The summed E-state index contributed by atoms with van der Waals surface area (Å²) in [7, 11) is -9.01. The molecular formula is C19H22Cl2N5O7PS. The maximum Gasteiger partial charge on any atom is 0.340 e. The fourth-order valence-electron chi connectivity index (χ4n) is 4.24. The number of nitrogens with one attached hydrogen (secondary N) is 1. The topological polar surface area (TPSA) is 188 Å². The van der Waals surface area contributed by atoms with E-state index in [0.717, 1.165) is 5.56 Å². The van der Waals surface area contributed by atoms with Crippen LogP contribution in [-0.2, 0) is 20.9 Å². The Kier molecular flexibility index (Phi) is 7.43. The van der Waals surface area contributed by atoms with E-state index in [-0.39, 0.29) is 17.4 Å². The molecule has 4 atom stereocenters. The Labute approximate surface area is 210 Å². The Morgan fingerprint density at radius 1 is 1.14 bits per heavy atom. The molecule has 0 bridgehead atoms. The van der Waals surface area contributed by atoms with Gasteiger partial charge in [-0.25, -0.2) is 13.1 Å². The number of sulfone groups is 1. The van der Waals surface area contributed by atoms with Crippen LogP contribution in [-0.4, -0.2) is 71.6 Å². The highest BCUT2D eigenvalue weighted by Gasteiger charge is 2.45. The second-order valence-electron chi connectivity index (χ2n) is 8.36. The van der Waals surface area contributed by atoms with Crippen LogP contribution in [0.25, 0.3) is 11.0 Å². The Balaban J connectivity index is 1.59. The normalized spacial score (nSPS) is 23.1. The molecule has 0 spiro atoms. The van der Waals surface area contributed by atoms with E-state index in [1.54, 1.807) is 6.07 Å². The smallest absolute Gasteiger partial charge is 0.340 e. The van der Waals surface area contributed by atoms with Crippen molar-refractivity contribution >= 4 is 57.5 Å². The SMILES string of the molecule is O=P(O)(O)CS(=O)(=O)C[C@H]1C[C@@H](n2ncc3c(NCc4ccccc4Cl)nc(Cl)nc32)[C@H](O)[C@H]1O. The highest BCUT2D eigenvalue weighted by atomic mass is 35.5. The van der Waals surface area contributed by atoms with E-state index >= 15 is 0 Å². The Bertz CT molecular complexity index is 1400. The minimum absolute atomic E-state index is 0.0243. The highest BCUT2D eigenvalue weighted by Crippen LogP contribution is 2.41. The number of benzene rings is 1. The maximum absolute atomic E-state index is 12.2. The van der Waals surface area contributed by atoms with Crippen molar-refractivity contribution in [3.8, 4) is 0 Å². The fraction of sp³-hybridized carbons (Fsp3) is 0.421. The molecule has 4 rings (SSSR count). The number of aliphatic hydroxyl groups is 2. The van der Waals surface area contributed by atoms with Gasteiger partial charge in [0.15, 0.2) is 21.0 Å². The summed E-state index contributed by atoms with van der Waals surface area (Å²) in [5, 5.41) is 29.5. The average molecular weight is 566 g/mol. The Hall–Kier alpha value is -1.83. The maximum atomic E-state index is 12.2. The van der Waals surface area contributed by atoms with Crippen LogP contribution in [0.15, 0.2) is 30.5 Å². The number of aromatic nitrogens is 4. The van der Waals surface area contributed by atoms with Crippen molar-refractivity contribution in [1.29, 1.82) is 0 Å². The molecule has 0 radical (unpaired) electrons. The van der Waals surface area contributed by atoms with Crippen LogP contribution in [0.5, 0.6) is 0 Å². The molecule has 35 heavy (non-hydrogen) atoms. The molecule has 1 saturated carbocycles. The largest absolute Gasteiger partial charge is 0.390 e. The number of fused-ring (bicyclic) bond motifs is 1. The quantitative estimate of drug-likeness (QED) is 0.197. The summed E-state index contributed by atoms with van der Waals surface area (Å²) in [5.41, 5.74) is -0.266. The van der Waals surface area contributed by atoms with Crippen molar-refractivity contribution in [2.75, 3.05) is 16.6 Å². The summed E-state index contributed by atoms with van der Waals surface area (Å²) < 4.78 is 36.9. The molecule has 0 saturated heterocycles. The number of hydrogen-bond acceptors (Lipinski definition) is 9. The zero-order valence-electron chi connectivity index (χ0n) is 17.9. The summed E-state index contributed by atoms with van der Waals surface area (Å²) in [5.74, 6) is -1.31. The monoisotopic (exact) mass is 565 g/mol. The molecule has 0 amide bonds. The lowest BCUT2D eigenvalue weighted by molar-refractivity contribution is 0.00843. The molecule has 1 fully saturated rings. The third-order valence-electron chi connectivity index (χ3n) is 5.75. The first kappa shape index (κ1) is 26.2. The standard InChI is InChI=1S/C19H22Cl2N5O7PS/c20-13-4-2-1-3-10(13)6-22-17-12-7-23-26(18(12)25-19(21)24-17)14-5-11(15(27)16(14)28)8-35(32,33)9-34(29,30)31/h1-4,7,11,14-16,27-28H,5-6,8-9H2,(H,22,24,25)(H2,29,30,31)/t11-,14-,15+,16+/m1/s1. The minimum atomic E-state index is -4.81. The molecule has 0 aliphatic heterocycles. The zero-order valence-corrected chi connectivity index (χ0v) is 21.2. The van der Waals surface area contributed by atoms with Gasteiger partial charge in [-0.2, -0.15) is 15.1 Å². The number of aliphatic hydroxyl groups excluding tert-OH is 2. The van der Waals surface area contributed by atoms with Crippen molar-refractivity contribution in [2.24, 2.45) is 5.92 Å². The van der Waals surface area contributed by atoms with E-state index in [4.69, 9.17) is 33.0 Å². The second kappa shape index (κ2) is 9.91. The van der Waals surface area contributed by atoms with Crippen molar-refractivity contribution in [1.82, 2.24) is 19.7 Å². The van der Waals surface area contributed by atoms with E-state index in [2.05, 4.69) is 20.4 Å². The van der Waals surface area contributed by atoms with Crippen LogP contribution in [0, 0.1) is 5.92 Å². The van der Waals surface area contributed by atoms with E-state index in [0.29, 0.717) is 22.8 Å². The number of halogens is 2. The van der Waals surface area contributed by atoms with Gasteiger partial charge in [0.05, 0.1) is 29.5 Å². The van der Waals surface area contributed by atoms with Crippen LogP contribution < -0.4 is 5.32 Å². The van der Waals surface area contributed by atoms with Gasteiger partial charge < -0.3 is 25.3 Å². The van der Waals surface area contributed by atoms with E-state index in [1.807, 2.05) is 18.2 Å². The summed E-state index contributed by atoms with van der Waals surface area (Å²) in [6, 6.07) is 6.38. The van der Waals surface area contributed by atoms with Gasteiger partial charge in [0.25, 0.3) is 0 Å². The third kappa shape index (κ3) is 5.95. The van der Waals surface area contributed by atoms with Gasteiger partial charge >= 0.3 is 7.60 Å². The van der Waals surface area contributed by atoms with Gasteiger partial charge in [-0.05, 0) is 29.7 Å². The molecule has 1 aliphatic rings. The summed E-state index contributed by atoms with van der Waals surface area (Å²) in [6.45, 7) is 0.331. The van der Waals surface area contributed by atoms with Gasteiger partial charge in [0, 0.05) is 17.5 Å². The number of hydrogen-bond donors (Lipinski definition) is 5. The predicted octanol–water partition coefficient (Wildman–Crippen LogP) is 1.58. The molecular weight excluding hydrogens is 544 g/mol. The molecule has 2 aromatic heterocycles. The van der Waals surface area contributed by atoms with Crippen LogP contribution in [0.1, 0.15) is 18.0 Å². The molecule has 190 valence electrons. The van der Waals surface area contributed by atoms with Crippen molar-refractivity contribution < 1.29 is 33.0 Å². The van der Waals surface area contributed by atoms with Gasteiger partial charge in [0.1, 0.15) is 11.9 Å². The van der Waals surface area contributed by atoms with E-state index < -0.39 is 52.8 Å². The van der Waals surface area contributed by atoms with E-state index in [9.17, 15) is 23.2 Å². The molecule has 0 unspecified atom stereocenters. The fourth-order valence-corrected chi connectivity index (χ4v) is 8.06. The van der Waals surface area contributed by atoms with Gasteiger partial charge in [-0.15, -0.1) is 0 Å². The average Bonchev–Trinajstić information content (AvgIpc) is 3.27. The zero-order chi connectivity index (χ0) is 25.5. The Morgan fingerprint density at radius 2 is 1.86 bits per heavy atom. The lowest BCUT2D eigenvalue weighted by atomic mass is 10.1. The number of anilines is 1. The second-order valence-corrected chi connectivity index (χ2v) is 13.3. The van der Waals surface area contributed by atoms with Gasteiger partial charge in [-0.3, -0.25) is 4.57 Å². The first-order valence-electron chi connectivity index (χ1n) is 10.3.